The lowest BCUT2D eigenvalue weighted by atomic mass is 9.79. The smallest absolute Gasteiger partial charge is 0.0759 e. The van der Waals surface area contributed by atoms with Crippen molar-refractivity contribution in [3.8, 4) is 0 Å². The van der Waals surface area contributed by atoms with Crippen molar-refractivity contribution >= 4 is 0 Å². The summed E-state index contributed by atoms with van der Waals surface area (Å²) < 4.78 is 0. The Morgan fingerprint density at radius 1 is 1.00 bits per heavy atom. The lowest BCUT2D eigenvalue weighted by Gasteiger charge is -2.33. The monoisotopic (exact) mass is 320 g/mol. The van der Waals surface area contributed by atoms with Crippen molar-refractivity contribution in [3.63, 3.8) is 0 Å². The first-order chi connectivity index (χ1) is 11.1. The highest BCUT2D eigenvalue weighted by molar-refractivity contribution is 5.16. The first-order valence-electron chi connectivity index (χ1n) is 8.95. The summed E-state index contributed by atoms with van der Waals surface area (Å²) in [5, 5.41) is 20.3. The topological polar surface area (TPSA) is 92.5 Å². The third kappa shape index (κ3) is 5.57. The van der Waals surface area contributed by atoms with E-state index in [4.69, 9.17) is 11.5 Å². The molecule has 2 rings (SSSR count). The molecule has 23 heavy (non-hydrogen) atoms. The summed E-state index contributed by atoms with van der Waals surface area (Å²) in [6.07, 6.45) is 7.00. The Morgan fingerprint density at radius 3 is 2.26 bits per heavy atom. The van der Waals surface area contributed by atoms with Gasteiger partial charge in [-0.1, -0.05) is 62.4 Å². The second-order valence-corrected chi connectivity index (χ2v) is 7.09. The molecule has 1 saturated carbocycles. The average Bonchev–Trinajstić information content (AvgIpc) is 2.57. The van der Waals surface area contributed by atoms with Crippen LogP contribution in [0.4, 0.5) is 0 Å². The van der Waals surface area contributed by atoms with E-state index < -0.39 is 12.1 Å². The average molecular weight is 320 g/mol. The van der Waals surface area contributed by atoms with Crippen molar-refractivity contribution in [1.29, 1.82) is 0 Å². The highest BCUT2D eigenvalue weighted by atomic mass is 16.3. The number of benzene rings is 1. The van der Waals surface area contributed by atoms with Crippen molar-refractivity contribution in [3.05, 3.63) is 35.9 Å². The van der Waals surface area contributed by atoms with Gasteiger partial charge in [0.1, 0.15) is 0 Å². The zero-order chi connectivity index (χ0) is 16.7. The van der Waals surface area contributed by atoms with Gasteiger partial charge in [-0.2, -0.15) is 0 Å². The van der Waals surface area contributed by atoms with Gasteiger partial charge in [0.05, 0.1) is 6.10 Å². The summed E-state index contributed by atoms with van der Waals surface area (Å²) >= 11 is 0. The number of aliphatic hydroxyl groups is 2. The Morgan fingerprint density at radius 2 is 1.65 bits per heavy atom. The maximum atomic E-state index is 10.6. The zero-order valence-corrected chi connectivity index (χ0v) is 14.0. The molecule has 0 unspecified atom stereocenters. The fourth-order valence-electron chi connectivity index (χ4n) is 3.80. The van der Waals surface area contributed by atoms with Crippen LogP contribution in [-0.2, 0) is 6.42 Å². The summed E-state index contributed by atoms with van der Waals surface area (Å²) in [5.41, 5.74) is 13.6. The van der Waals surface area contributed by atoms with E-state index >= 15 is 0 Å². The van der Waals surface area contributed by atoms with Gasteiger partial charge in [0.25, 0.3) is 0 Å². The van der Waals surface area contributed by atoms with Crippen LogP contribution in [0.2, 0.25) is 0 Å². The first kappa shape index (κ1) is 18.4. The molecule has 1 aliphatic rings. The molecule has 0 aromatic heterocycles. The highest BCUT2D eigenvalue weighted by Gasteiger charge is 2.31. The summed E-state index contributed by atoms with van der Waals surface area (Å²) in [4.78, 5) is 0. The van der Waals surface area contributed by atoms with E-state index in [0.29, 0.717) is 12.3 Å². The Bertz CT molecular complexity index is 434. The van der Waals surface area contributed by atoms with Crippen LogP contribution < -0.4 is 11.5 Å². The summed E-state index contributed by atoms with van der Waals surface area (Å²) in [6.45, 7) is -0.114. The van der Waals surface area contributed by atoms with E-state index in [1.165, 1.54) is 32.1 Å². The maximum absolute atomic E-state index is 10.6. The minimum atomic E-state index is -0.779. The molecule has 0 amide bonds. The minimum absolute atomic E-state index is 0.114. The molecule has 0 radical (unpaired) electrons. The van der Waals surface area contributed by atoms with E-state index in [-0.39, 0.29) is 18.6 Å². The number of nitrogens with two attached hydrogens (primary N) is 2. The summed E-state index contributed by atoms with van der Waals surface area (Å²) in [6, 6.07) is 9.29. The second kappa shape index (κ2) is 9.38. The zero-order valence-electron chi connectivity index (χ0n) is 14.0. The fourth-order valence-corrected chi connectivity index (χ4v) is 3.80. The quantitative estimate of drug-likeness (QED) is 0.588. The van der Waals surface area contributed by atoms with Crippen molar-refractivity contribution in [2.45, 2.75) is 63.1 Å². The largest absolute Gasteiger partial charge is 0.396 e. The first-order valence-corrected chi connectivity index (χ1v) is 8.95. The van der Waals surface area contributed by atoms with Crippen LogP contribution in [0.15, 0.2) is 30.3 Å². The Balaban J connectivity index is 1.89. The van der Waals surface area contributed by atoms with Gasteiger partial charge in [0.2, 0.25) is 0 Å². The molecule has 4 atom stereocenters. The van der Waals surface area contributed by atoms with Crippen LogP contribution in [0.1, 0.15) is 44.1 Å². The molecule has 6 N–H and O–H groups in total. The molecule has 130 valence electrons. The van der Waals surface area contributed by atoms with Gasteiger partial charge in [-0.25, -0.2) is 0 Å². The van der Waals surface area contributed by atoms with Crippen LogP contribution in [0.5, 0.6) is 0 Å². The molecular weight excluding hydrogens is 288 g/mol. The number of aliphatic hydroxyl groups excluding tert-OH is 2. The third-order valence-corrected chi connectivity index (χ3v) is 5.28. The molecule has 1 aliphatic carbocycles. The molecule has 0 aliphatic heterocycles. The predicted molar refractivity (Wildman–Crippen MR) is 93.9 cm³/mol. The normalized spacial score (nSPS) is 21.6. The number of rotatable bonds is 8. The lowest BCUT2D eigenvalue weighted by molar-refractivity contribution is 0.0291. The van der Waals surface area contributed by atoms with Gasteiger partial charge in [0, 0.05) is 24.6 Å². The van der Waals surface area contributed by atoms with Gasteiger partial charge in [-0.05, 0) is 24.3 Å². The van der Waals surface area contributed by atoms with E-state index in [0.717, 1.165) is 12.0 Å². The van der Waals surface area contributed by atoms with E-state index in [1.54, 1.807) is 0 Å². The van der Waals surface area contributed by atoms with Gasteiger partial charge in [0.15, 0.2) is 0 Å². The Kier molecular flexibility index (Phi) is 7.50. The van der Waals surface area contributed by atoms with Crippen molar-refractivity contribution in [2.75, 3.05) is 6.61 Å². The van der Waals surface area contributed by atoms with Crippen molar-refractivity contribution < 1.29 is 10.2 Å². The van der Waals surface area contributed by atoms with E-state index in [9.17, 15) is 10.2 Å². The molecule has 0 saturated heterocycles. The second-order valence-electron chi connectivity index (χ2n) is 7.09. The number of hydrogen-bond donors (Lipinski definition) is 4. The van der Waals surface area contributed by atoms with Crippen LogP contribution in [0.3, 0.4) is 0 Å². The third-order valence-electron chi connectivity index (χ3n) is 5.28. The van der Waals surface area contributed by atoms with Crippen molar-refractivity contribution in [2.24, 2.45) is 23.3 Å². The molecule has 0 spiro atoms. The minimum Gasteiger partial charge on any atom is -0.396 e. The molecule has 4 heteroatoms. The van der Waals surface area contributed by atoms with Crippen LogP contribution >= 0.6 is 0 Å². The van der Waals surface area contributed by atoms with Crippen LogP contribution in [0, 0.1) is 11.8 Å². The number of hydrogen-bond acceptors (Lipinski definition) is 4. The molecule has 0 bridgehead atoms. The predicted octanol–water partition coefficient (Wildman–Crippen LogP) is 1.82. The van der Waals surface area contributed by atoms with Crippen molar-refractivity contribution in [1.82, 2.24) is 0 Å². The van der Waals surface area contributed by atoms with Gasteiger partial charge < -0.3 is 21.7 Å². The van der Waals surface area contributed by atoms with Crippen LogP contribution in [0.25, 0.3) is 0 Å². The Hall–Kier alpha value is -0.940. The van der Waals surface area contributed by atoms with E-state index in [2.05, 4.69) is 0 Å². The molecule has 0 heterocycles. The fraction of sp³-hybridized carbons (Fsp3) is 0.684. The Labute approximate surface area is 139 Å². The van der Waals surface area contributed by atoms with Gasteiger partial charge >= 0.3 is 0 Å². The SMILES string of the molecule is N[C@@H](Cc1ccccc1)[C@@H](O)[C@@H](CO)[C@@H](N)CC1CCCCC1. The maximum Gasteiger partial charge on any atom is 0.0759 e. The molecular formula is C19H32N2O2. The molecule has 1 aromatic carbocycles. The van der Waals surface area contributed by atoms with Gasteiger partial charge in [-0.15, -0.1) is 0 Å². The summed E-state index contributed by atoms with van der Waals surface area (Å²) in [7, 11) is 0. The van der Waals surface area contributed by atoms with Crippen LogP contribution in [-0.4, -0.2) is 35.0 Å². The lowest BCUT2D eigenvalue weighted by Crippen LogP contribution is -2.50. The van der Waals surface area contributed by atoms with Gasteiger partial charge in [-0.3, -0.25) is 0 Å². The van der Waals surface area contributed by atoms with E-state index in [1.807, 2.05) is 30.3 Å². The molecule has 4 nitrogen and oxygen atoms in total. The summed E-state index contributed by atoms with van der Waals surface area (Å²) in [5.74, 6) is 0.279. The highest BCUT2D eigenvalue weighted by Crippen LogP contribution is 2.29. The molecule has 1 aromatic rings. The standard InChI is InChI=1S/C19H32N2O2/c20-17(11-14-7-3-1-4-8-14)16(13-22)19(23)18(21)12-15-9-5-2-6-10-15/h2,5-6,9-10,14,16-19,22-23H,1,3-4,7-8,11-13,20-21H2/t16-,17-,18-,19-/m0/s1. The molecule has 1 fully saturated rings.